The maximum absolute atomic E-state index is 6.06. The van der Waals surface area contributed by atoms with E-state index in [9.17, 15) is 0 Å². The highest BCUT2D eigenvalue weighted by Gasteiger charge is 2.15. The molecule has 2 aromatic rings. The monoisotopic (exact) mass is 480 g/mol. The third kappa shape index (κ3) is 6.35. The van der Waals surface area contributed by atoms with Crippen LogP contribution >= 0.6 is 24.0 Å². The zero-order chi connectivity index (χ0) is 18.5. The van der Waals surface area contributed by atoms with Crippen molar-refractivity contribution in [2.45, 2.75) is 20.4 Å². The standard InChI is InChI=1S/C20H28N6.HI/c1-15-10-16(2)12-18(11-15)24-20(21)23-14-17-4-5-22-19(13-17)26-8-6-25(3)7-9-26;/h4-5,10-13H,6-9,14H2,1-3H3,(H3,21,23,24);1H. The molecule has 1 aliphatic heterocycles. The summed E-state index contributed by atoms with van der Waals surface area (Å²) in [6.07, 6.45) is 1.85. The summed E-state index contributed by atoms with van der Waals surface area (Å²) in [7, 11) is 2.15. The Kier molecular flexibility index (Phi) is 7.85. The Bertz CT molecular complexity index is 764. The first-order valence-electron chi connectivity index (χ1n) is 9.03. The van der Waals surface area contributed by atoms with Crippen LogP contribution in [0.1, 0.15) is 16.7 Å². The fourth-order valence-electron chi connectivity index (χ4n) is 3.18. The Labute approximate surface area is 178 Å². The lowest BCUT2D eigenvalue weighted by Crippen LogP contribution is -2.44. The number of hydrogen-bond donors (Lipinski definition) is 2. The molecule has 6 nitrogen and oxygen atoms in total. The van der Waals surface area contributed by atoms with Gasteiger partial charge in [-0.2, -0.15) is 0 Å². The number of likely N-dealkylation sites (N-methyl/N-ethyl adjacent to an activating group) is 1. The Morgan fingerprint density at radius 1 is 1.11 bits per heavy atom. The molecule has 0 unspecified atom stereocenters. The van der Waals surface area contributed by atoms with Gasteiger partial charge in [-0.05, 0) is 61.9 Å². The van der Waals surface area contributed by atoms with Gasteiger partial charge >= 0.3 is 0 Å². The summed E-state index contributed by atoms with van der Waals surface area (Å²) < 4.78 is 0. The molecule has 1 saturated heterocycles. The van der Waals surface area contributed by atoms with Crippen LogP contribution in [0.3, 0.4) is 0 Å². The summed E-state index contributed by atoms with van der Waals surface area (Å²) in [5.74, 6) is 1.44. The van der Waals surface area contributed by atoms with Crippen molar-refractivity contribution in [3.05, 3.63) is 53.2 Å². The maximum atomic E-state index is 6.06. The maximum Gasteiger partial charge on any atom is 0.193 e. The summed E-state index contributed by atoms with van der Waals surface area (Å²) in [4.78, 5) is 13.7. The number of guanidine groups is 1. The first-order valence-corrected chi connectivity index (χ1v) is 9.03. The third-order valence-electron chi connectivity index (χ3n) is 4.56. The van der Waals surface area contributed by atoms with Gasteiger partial charge in [0, 0.05) is 38.1 Å². The Balaban J connectivity index is 0.00000261. The van der Waals surface area contributed by atoms with Crippen molar-refractivity contribution in [2.24, 2.45) is 10.7 Å². The number of rotatable bonds is 4. The molecule has 3 N–H and O–H groups in total. The van der Waals surface area contributed by atoms with Crippen LogP contribution in [0, 0.1) is 13.8 Å². The van der Waals surface area contributed by atoms with Crippen LogP contribution in [0.15, 0.2) is 41.5 Å². The first kappa shape index (κ1) is 21.4. The molecule has 0 bridgehead atoms. The molecule has 1 aliphatic rings. The largest absolute Gasteiger partial charge is 0.370 e. The average Bonchev–Trinajstić information content (AvgIpc) is 2.60. The second-order valence-corrected chi connectivity index (χ2v) is 7.02. The van der Waals surface area contributed by atoms with Crippen molar-refractivity contribution in [1.29, 1.82) is 0 Å². The number of nitrogens with two attached hydrogens (primary N) is 1. The van der Waals surface area contributed by atoms with Gasteiger partial charge < -0.3 is 20.9 Å². The molecule has 27 heavy (non-hydrogen) atoms. The van der Waals surface area contributed by atoms with Gasteiger partial charge in [-0.15, -0.1) is 24.0 Å². The fraction of sp³-hybridized carbons (Fsp3) is 0.400. The van der Waals surface area contributed by atoms with E-state index in [1.54, 1.807) is 0 Å². The van der Waals surface area contributed by atoms with E-state index in [0.29, 0.717) is 12.5 Å². The van der Waals surface area contributed by atoms with Crippen molar-refractivity contribution >= 4 is 41.4 Å². The molecular weight excluding hydrogens is 451 g/mol. The summed E-state index contributed by atoms with van der Waals surface area (Å²) in [6, 6.07) is 10.4. The molecule has 1 fully saturated rings. The molecular formula is C20H29IN6. The van der Waals surface area contributed by atoms with E-state index in [-0.39, 0.29) is 24.0 Å². The predicted molar refractivity (Wildman–Crippen MR) is 124 cm³/mol. The quantitative estimate of drug-likeness (QED) is 0.400. The number of halogens is 1. The number of benzene rings is 1. The highest BCUT2D eigenvalue weighted by Crippen LogP contribution is 2.16. The van der Waals surface area contributed by atoms with Crippen LogP contribution in [-0.4, -0.2) is 49.1 Å². The second-order valence-electron chi connectivity index (χ2n) is 7.02. The van der Waals surface area contributed by atoms with Crippen molar-refractivity contribution in [1.82, 2.24) is 9.88 Å². The SMILES string of the molecule is Cc1cc(C)cc(NC(N)=NCc2ccnc(N3CCN(C)CC3)c2)c1.I. The zero-order valence-corrected chi connectivity index (χ0v) is 18.6. The number of anilines is 2. The molecule has 0 saturated carbocycles. The molecule has 0 aliphatic carbocycles. The number of hydrogen-bond acceptors (Lipinski definition) is 4. The number of piperazine rings is 1. The van der Waals surface area contributed by atoms with Crippen LogP contribution in [0.4, 0.5) is 11.5 Å². The summed E-state index contributed by atoms with van der Waals surface area (Å²) >= 11 is 0. The third-order valence-corrected chi connectivity index (χ3v) is 4.56. The van der Waals surface area contributed by atoms with Gasteiger partial charge in [0.2, 0.25) is 0 Å². The van der Waals surface area contributed by atoms with Gasteiger partial charge in [-0.25, -0.2) is 9.98 Å². The molecule has 1 aromatic carbocycles. The molecule has 0 amide bonds. The Hall–Kier alpha value is -1.87. The molecule has 1 aromatic heterocycles. The van der Waals surface area contributed by atoms with Crippen LogP contribution in [0.25, 0.3) is 0 Å². The summed E-state index contributed by atoms with van der Waals surface area (Å²) in [6.45, 7) is 8.82. The smallest absolute Gasteiger partial charge is 0.193 e. The lowest BCUT2D eigenvalue weighted by atomic mass is 10.1. The van der Waals surface area contributed by atoms with E-state index < -0.39 is 0 Å². The molecule has 146 valence electrons. The lowest BCUT2D eigenvalue weighted by Gasteiger charge is -2.33. The molecule has 0 spiro atoms. The second kappa shape index (κ2) is 9.89. The van der Waals surface area contributed by atoms with Crippen LogP contribution in [0.5, 0.6) is 0 Å². The summed E-state index contributed by atoms with van der Waals surface area (Å²) in [5, 5.41) is 3.17. The number of nitrogens with one attached hydrogen (secondary N) is 1. The van der Waals surface area contributed by atoms with Crippen LogP contribution in [0.2, 0.25) is 0 Å². The Morgan fingerprint density at radius 2 is 1.78 bits per heavy atom. The topological polar surface area (TPSA) is 69.8 Å². The number of nitrogens with zero attached hydrogens (tertiary/aromatic N) is 4. The average molecular weight is 480 g/mol. The van der Waals surface area contributed by atoms with E-state index in [4.69, 9.17) is 5.73 Å². The lowest BCUT2D eigenvalue weighted by molar-refractivity contribution is 0.312. The zero-order valence-electron chi connectivity index (χ0n) is 16.3. The van der Waals surface area contributed by atoms with Crippen LogP contribution in [-0.2, 0) is 6.54 Å². The number of aliphatic imine (C=N–C) groups is 1. The highest BCUT2D eigenvalue weighted by molar-refractivity contribution is 14.0. The van der Waals surface area contributed by atoms with Crippen molar-refractivity contribution in [3.63, 3.8) is 0 Å². The van der Waals surface area contributed by atoms with E-state index in [1.165, 1.54) is 11.1 Å². The van der Waals surface area contributed by atoms with Crippen molar-refractivity contribution in [3.8, 4) is 0 Å². The van der Waals surface area contributed by atoms with Crippen LogP contribution < -0.4 is 16.0 Å². The highest BCUT2D eigenvalue weighted by atomic mass is 127. The number of aryl methyl sites for hydroxylation is 2. The van der Waals surface area contributed by atoms with Gasteiger partial charge in [-0.3, -0.25) is 0 Å². The Morgan fingerprint density at radius 3 is 2.44 bits per heavy atom. The van der Waals surface area contributed by atoms with E-state index in [1.807, 2.05) is 12.3 Å². The molecule has 0 atom stereocenters. The van der Waals surface area contributed by atoms with Gasteiger partial charge in [0.05, 0.1) is 6.54 Å². The van der Waals surface area contributed by atoms with Gasteiger partial charge in [0.15, 0.2) is 5.96 Å². The van der Waals surface area contributed by atoms with Gasteiger partial charge in [-0.1, -0.05) is 6.07 Å². The van der Waals surface area contributed by atoms with Gasteiger partial charge in [0.25, 0.3) is 0 Å². The minimum absolute atomic E-state index is 0. The minimum Gasteiger partial charge on any atom is -0.370 e. The molecule has 7 heteroatoms. The molecule has 3 rings (SSSR count). The first-order chi connectivity index (χ1) is 12.5. The van der Waals surface area contributed by atoms with Gasteiger partial charge in [0.1, 0.15) is 5.82 Å². The van der Waals surface area contributed by atoms with E-state index in [2.05, 4.69) is 70.3 Å². The number of pyridine rings is 1. The van der Waals surface area contributed by atoms with Crippen molar-refractivity contribution in [2.75, 3.05) is 43.4 Å². The number of aromatic nitrogens is 1. The molecule has 0 radical (unpaired) electrons. The normalized spacial score (nSPS) is 15.4. The van der Waals surface area contributed by atoms with E-state index in [0.717, 1.165) is 43.2 Å². The summed E-state index contributed by atoms with van der Waals surface area (Å²) in [5.41, 5.74) is 10.5. The van der Waals surface area contributed by atoms with E-state index >= 15 is 0 Å². The minimum atomic E-state index is 0. The molecule has 2 heterocycles. The predicted octanol–water partition coefficient (Wildman–Crippen LogP) is 3.00. The fourth-order valence-corrected chi connectivity index (χ4v) is 3.18. The van der Waals surface area contributed by atoms with Crippen molar-refractivity contribution < 1.29 is 0 Å².